The van der Waals surface area contributed by atoms with Gasteiger partial charge in [-0.15, -0.1) is 3.89 Å². The largest absolute Gasteiger partial charge is 0.501 e. The number of anilines is 1. The molecule has 0 amide bonds. The van der Waals surface area contributed by atoms with Gasteiger partial charge in [0, 0.05) is 0 Å². The Morgan fingerprint density at radius 3 is 1.89 bits per heavy atom. The van der Waals surface area contributed by atoms with Crippen molar-refractivity contribution < 1.29 is 33.9 Å². The van der Waals surface area contributed by atoms with Crippen LogP contribution in [0.1, 0.15) is 0 Å². The number of rotatable bonds is 2. The number of hydrogen-bond acceptors (Lipinski definition) is 5. The van der Waals surface area contributed by atoms with Gasteiger partial charge in [-0.25, -0.2) is 8.42 Å². The van der Waals surface area contributed by atoms with Gasteiger partial charge < -0.3 is 5.73 Å². The maximum atomic E-state index is 12.6. The number of nitrogens with two attached hydrogens (primary N) is 1. The molecule has 1 rings (SSSR count). The van der Waals surface area contributed by atoms with E-state index in [4.69, 9.17) is 5.73 Å². The summed E-state index contributed by atoms with van der Waals surface area (Å²) in [6, 6.07) is 0.893. The van der Waals surface area contributed by atoms with Crippen molar-refractivity contribution in [2.75, 3.05) is 5.73 Å². The van der Waals surface area contributed by atoms with Gasteiger partial charge in [0.1, 0.15) is 4.90 Å². The highest BCUT2D eigenvalue weighted by molar-refractivity contribution is 7.92. The van der Waals surface area contributed by atoms with Gasteiger partial charge in [-0.3, -0.25) is 0 Å². The molecule has 1 aromatic rings. The Morgan fingerprint density at radius 2 is 1.56 bits per heavy atom. The summed E-state index contributed by atoms with van der Waals surface area (Å²) in [7, 11) is -10.9. The zero-order valence-corrected chi connectivity index (χ0v) is 9.90. The van der Waals surface area contributed by atoms with Crippen LogP contribution in [0, 0.1) is 0 Å². The van der Waals surface area contributed by atoms with Gasteiger partial charge in [0.05, 0.1) is 10.6 Å². The van der Waals surface area contributed by atoms with Crippen molar-refractivity contribution in [3.63, 3.8) is 0 Å². The molecule has 0 aliphatic rings. The van der Waals surface area contributed by atoms with Crippen LogP contribution in [0.15, 0.2) is 28.0 Å². The summed E-state index contributed by atoms with van der Waals surface area (Å²) in [6.45, 7) is 0. The summed E-state index contributed by atoms with van der Waals surface area (Å²) < 4.78 is 91.9. The second-order valence-electron chi connectivity index (χ2n) is 3.09. The van der Waals surface area contributed by atoms with E-state index in [0.29, 0.717) is 12.1 Å². The summed E-state index contributed by atoms with van der Waals surface area (Å²) >= 11 is 0. The maximum Gasteiger partial charge on any atom is 0.501 e. The molecule has 0 bridgehead atoms. The fourth-order valence-corrected chi connectivity index (χ4v) is 2.42. The van der Waals surface area contributed by atoms with Crippen LogP contribution in [0.3, 0.4) is 0 Å². The van der Waals surface area contributed by atoms with Crippen molar-refractivity contribution in [3.8, 4) is 0 Å². The summed E-state index contributed by atoms with van der Waals surface area (Å²) in [5.41, 5.74) is -1.49. The summed E-state index contributed by atoms with van der Waals surface area (Å²) in [4.78, 5) is -2.36. The van der Waals surface area contributed by atoms with Gasteiger partial charge in [-0.05, 0) is 18.2 Å². The lowest BCUT2D eigenvalue weighted by molar-refractivity contribution is -0.0435. The molecule has 5 nitrogen and oxygen atoms in total. The first-order valence-electron chi connectivity index (χ1n) is 4.03. The van der Waals surface area contributed by atoms with Crippen LogP contribution in [-0.4, -0.2) is 22.3 Å². The molecule has 0 spiro atoms. The Labute approximate surface area is 99.3 Å². The summed E-state index contributed by atoms with van der Waals surface area (Å²) in [5.74, 6) is 0. The van der Waals surface area contributed by atoms with E-state index in [-0.39, 0.29) is 6.07 Å². The van der Waals surface area contributed by atoms with Crippen molar-refractivity contribution in [1.82, 2.24) is 0 Å². The van der Waals surface area contributed by atoms with Crippen LogP contribution in [-0.2, 0) is 20.1 Å². The van der Waals surface area contributed by atoms with Crippen LogP contribution in [0.4, 0.5) is 22.7 Å². The predicted molar refractivity (Wildman–Crippen MR) is 52.4 cm³/mol. The number of sulfone groups is 1. The smallest absolute Gasteiger partial charge is 0.398 e. The minimum Gasteiger partial charge on any atom is -0.398 e. The molecule has 0 radical (unpaired) electrons. The zero-order chi connectivity index (χ0) is 14.4. The molecule has 0 aliphatic heterocycles. The van der Waals surface area contributed by atoms with E-state index in [0.717, 1.165) is 0 Å². The van der Waals surface area contributed by atoms with Gasteiger partial charge in [0.2, 0.25) is 0 Å². The Kier molecular flexibility index (Phi) is 3.34. The number of hydrogen-bond donors (Lipinski definition) is 1. The van der Waals surface area contributed by atoms with Gasteiger partial charge in [-0.2, -0.15) is 21.6 Å². The van der Waals surface area contributed by atoms with Crippen molar-refractivity contribution in [3.05, 3.63) is 18.2 Å². The molecular weight excluding hydrogens is 302 g/mol. The average molecular weight is 307 g/mol. The third-order valence-electron chi connectivity index (χ3n) is 1.86. The molecule has 0 saturated carbocycles. The third kappa shape index (κ3) is 2.56. The van der Waals surface area contributed by atoms with Gasteiger partial charge in [-0.1, -0.05) is 0 Å². The van der Waals surface area contributed by atoms with Crippen LogP contribution in [0.2, 0.25) is 0 Å². The first-order valence-corrected chi connectivity index (χ1v) is 6.89. The minimum atomic E-state index is -5.66. The van der Waals surface area contributed by atoms with E-state index in [9.17, 15) is 33.9 Å². The molecule has 1 aromatic carbocycles. The summed E-state index contributed by atoms with van der Waals surface area (Å²) in [6.07, 6.45) is 0. The fraction of sp³-hybridized carbons (Fsp3) is 0.143. The quantitative estimate of drug-likeness (QED) is 0.503. The topological polar surface area (TPSA) is 94.3 Å². The molecule has 102 valence electrons. The number of alkyl halides is 3. The second-order valence-corrected chi connectivity index (χ2v) is 6.34. The monoisotopic (exact) mass is 307 g/mol. The van der Waals surface area contributed by atoms with Crippen LogP contribution < -0.4 is 5.73 Å². The zero-order valence-electron chi connectivity index (χ0n) is 8.27. The van der Waals surface area contributed by atoms with Crippen LogP contribution in [0.25, 0.3) is 0 Å². The molecule has 11 heteroatoms. The molecule has 0 aliphatic carbocycles. The molecule has 2 N–H and O–H groups in total. The molecule has 0 unspecified atom stereocenters. The normalized spacial score (nSPS) is 13.6. The molecular formula is C7H5F4NO4S2. The Hall–Kier alpha value is -1.36. The molecule has 0 heterocycles. The van der Waals surface area contributed by atoms with Gasteiger partial charge in [0.25, 0.3) is 9.84 Å². The molecule has 0 fully saturated rings. The minimum absolute atomic E-state index is 0.231. The maximum absolute atomic E-state index is 12.6. The Morgan fingerprint density at radius 1 is 1.06 bits per heavy atom. The van der Waals surface area contributed by atoms with Crippen molar-refractivity contribution >= 4 is 25.7 Å². The first kappa shape index (κ1) is 14.7. The van der Waals surface area contributed by atoms with Crippen molar-refractivity contribution in [2.45, 2.75) is 15.3 Å². The lowest BCUT2D eigenvalue weighted by Crippen LogP contribution is -2.23. The molecule has 18 heavy (non-hydrogen) atoms. The van der Waals surface area contributed by atoms with E-state index in [2.05, 4.69) is 0 Å². The van der Waals surface area contributed by atoms with Gasteiger partial charge >= 0.3 is 15.7 Å². The van der Waals surface area contributed by atoms with Crippen molar-refractivity contribution in [1.29, 1.82) is 0 Å². The van der Waals surface area contributed by atoms with E-state index in [1.165, 1.54) is 0 Å². The van der Waals surface area contributed by atoms with E-state index in [1.54, 1.807) is 0 Å². The molecule has 0 atom stereocenters. The number of benzene rings is 1. The number of halogens is 4. The highest BCUT2D eigenvalue weighted by Gasteiger charge is 2.47. The SMILES string of the molecule is Nc1cc(S(=O)(=O)C(F)(F)F)ccc1S(=O)(=O)F. The first-order chi connectivity index (χ1) is 7.87. The van der Waals surface area contributed by atoms with Crippen molar-refractivity contribution in [2.24, 2.45) is 0 Å². The predicted octanol–water partition coefficient (Wildman–Crippen LogP) is 1.22. The molecule has 0 saturated heterocycles. The highest BCUT2D eigenvalue weighted by Crippen LogP contribution is 2.32. The van der Waals surface area contributed by atoms with E-state index in [1.807, 2.05) is 0 Å². The fourth-order valence-electron chi connectivity index (χ4n) is 1.05. The Balaban J connectivity index is 3.48. The number of nitrogen functional groups attached to an aromatic ring is 1. The third-order valence-corrected chi connectivity index (χ3v) is 4.24. The molecule has 0 aromatic heterocycles. The summed E-state index contributed by atoms with van der Waals surface area (Å²) in [5, 5.41) is 0. The standard InChI is InChI=1S/C7H5F4NO4S2/c8-7(9,10)17(13,14)4-1-2-6(5(12)3-4)18(11,15)16/h1-3H,12H2. The van der Waals surface area contributed by atoms with Crippen LogP contribution >= 0.6 is 0 Å². The van der Waals surface area contributed by atoms with Crippen LogP contribution in [0.5, 0.6) is 0 Å². The van der Waals surface area contributed by atoms with E-state index < -0.39 is 41.0 Å². The highest BCUT2D eigenvalue weighted by atomic mass is 32.3. The second kappa shape index (κ2) is 4.09. The lowest BCUT2D eigenvalue weighted by atomic mass is 10.3. The average Bonchev–Trinajstić information content (AvgIpc) is 2.13. The lowest BCUT2D eigenvalue weighted by Gasteiger charge is -2.09. The van der Waals surface area contributed by atoms with Gasteiger partial charge in [0.15, 0.2) is 0 Å². The Bertz CT molecular complexity index is 678. The van der Waals surface area contributed by atoms with E-state index >= 15 is 0 Å².